The molecule has 162 valence electrons. The number of pyridine rings is 1. The molecule has 10 heteroatoms. The Bertz CT molecular complexity index is 1070. The van der Waals surface area contributed by atoms with Gasteiger partial charge in [-0.2, -0.15) is 0 Å². The third-order valence-electron chi connectivity index (χ3n) is 4.22. The van der Waals surface area contributed by atoms with Crippen LogP contribution in [-0.2, 0) is 6.54 Å². The van der Waals surface area contributed by atoms with Gasteiger partial charge in [-0.15, -0.1) is 10.2 Å². The van der Waals surface area contributed by atoms with Crippen LogP contribution < -0.4 is 4.74 Å². The summed E-state index contributed by atoms with van der Waals surface area (Å²) in [5.74, 6) is 0.608. The molecule has 31 heavy (non-hydrogen) atoms. The van der Waals surface area contributed by atoms with Crippen molar-refractivity contribution in [2.75, 3.05) is 20.7 Å². The number of aliphatic imine (C=N–C) groups is 1. The summed E-state index contributed by atoms with van der Waals surface area (Å²) in [5.41, 5.74) is 0.835. The summed E-state index contributed by atoms with van der Waals surface area (Å²) in [6.07, 6.45) is 4.92. The van der Waals surface area contributed by atoms with Crippen molar-refractivity contribution in [3.8, 4) is 17.3 Å². The number of aryl methyl sites for hydroxylation is 1. The Morgan fingerprint density at radius 2 is 2.13 bits per heavy atom. The van der Waals surface area contributed by atoms with Gasteiger partial charge in [-0.05, 0) is 43.2 Å². The molecule has 0 aliphatic rings. The van der Waals surface area contributed by atoms with Crippen molar-refractivity contribution >= 4 is 34.1 Å². The number of ether oxygens (including phenoxy) is 1. The molecule has 1 aromatic carbocycles. The first-order valence-electron chi connectivity index (χ1n) is 9.65. The summed E-state index contributed by atoms with van der Waals surface area (Å²) in [7, 11) is 3.79. The summed E-state index contributed by atoms with van der Waals surface area (Å²) in [4.78, 5) is 22.0. The quantitative estimate of drug-likeness (QED) is 0.263. The van der Waals surface area contributed by atoms with Crippen LogP contribution in [-0.4, -0.2) is 62.8 Å². The zero-order valence-corrected chi connectivity index (χ0v) is 18.9. The van der Waals surface area contributed by atoms with Gasteiger partial charge in [0.1, 0.15) is 23.3 Å². The number of carboxylic acid groups (broad SMARTS) is 1. The molecule has 0 unspecified atom stereocenters. The number of carbonyl (C=O) groups is 1. The van der Waals surface area contributed by atoms with Crippen molar-refractivity contribution in [3.63, 3.8) is 0 Å². The molecule has 2 aromatic heterocycles. The summed E-state index contributed by atoms with van der Waals surface area (Å²) in [6.45, 7) is 1.09. The van der Waals surface area contributed by atoms with Crippen LogP contribution in [0.3, 0.4) is 0 Å². The number of rotatable bonds is 10. The number of hydrogen-bond acceptors (Lipinski definition) is 6. The van der Waals surface area contributed by atoms with Crippen LogP contribution in [0.1, 0.15) is 23.2 Å². The van der Waals surface area contributed by atoms with E-state index >= 15 is 0 Å². The SMILES string of the molecule is CN(C)/C=N/c1cccc(-c2nncn2CCCCOc2ccc(Br)cc2C(=O)O)n1. The Labute approximate surface area is 188 Å². The molecule has 0 atom stereocenters. The number of aromatic carboxylic acids is 1. The highest BCUT2D eigenvalue weighted by atomic mass is 79.9. The zero-order valence-electron chi connectivity index (χ0n) is 17.3. The van der Waals surface area contributed by atoms with Crippen LogP contribution in [0.2, 0.25) is 0 Å². The standard InChI is InChI=1S/C21H23BrN6O3/c1-27(2)13-23-19-7-5-6-17(25-19)20-26-24-14-28(20)10-3-4-11-31-18-9-8-15(22)12-16(18)21(29)30/h5-9,12-14H,3-4,10-11H2,1-2H3,(H,29,30)/b23-13+. The lowest BCUT2D eigenvalue weighted by Crippen LogP contribution is -2.07. The number of carboxylic acids is 1. The molecule has 0 amide bonds. The highest BCUT2D eigenvalue weighted by Crippen LogP contribution is 2.24. The smallest absolute Gasteiger partial charge is 0.339 e. The van der Waals surface area contributed by atoms with E-state index in [-0.39, 0.29) is 5.56 Å². The van der Waals surface area contributed by atoms with E-state index in [1.807, 2.05) is 41.8 Å². The Hall–Kier alpha value is -3.27. The molecular weight excluding hydrogens is 464 g/mol. The number of benzene rings is 1. The summed E-state index contributed by atoms with van der Waals surface area (Å²) in [5, 5.41) is 17.5. The molecule has 0 radical (unpaired) electrons. The van der Waals surface area contributed by atoms with E-state index in [1.165, 1.54) is 6.07 Å². The van der Waals surface area contributed by atoms with E-state index in [4.69, 9.17) is 4.74 Å². The van der Waals surface area contributed by atoms with Crippen molar-refractivity contribution < 1.29 is 14.6 Å². The van der Waals surface area contributed by atoms with Crippen LogP contribution in [0, 0.1) is 0 Å². The van der Waals surface area contributed by atoms with Gasteiger partial charge in [0.2, 0.25) is 0 Å². The highest BCUT2D eigenvalue weighted by Gasteiger charge is 2.12. The van der Waals surface area contributed by atoms with Gasteiger partial charge < -0.3 is 19.3 Å². The summed E-state index contributed by atoms with van der Waals surface area (Å²) >= 11 is 3.28. The monoisotopic (exact) mass is 486 g/mol. The van der Waals surface area contributed by atoms with E-state index in [9.17, 15) is 9.90 Å². The second kappa shape index (κ2) is 10.7. The number of aromatic nitrogens is 4. The average molecular weight is 487 g/mol. The number of hydrogen-bond donors (Lipinski definition) is 1. The molecule has 0 aliphatic carbocycles. The second-order valence-electron chi connectivity index (χ2n) is 6.94. The summed E-state index contributed by atoms with van der Waals surface area (Å²) < 4.78 is 8.31. The minimum Gasteiger partial charge on any atom is -0.493 e. The molecule has 3 rings (SSSR count). The minimum absolute atomic E-state index is 0.137. The molecule has 0 bridgehead atoms. The first-order chi connectivity index (χ1) is 14.9. The van der Waals surface area contributed by atoms with Gasteiger partial charge in [0.15, 0.2) is 11.6 Å². The van der Waals surface area contributed by atoms with E-state index in [0.717, 1.165) is 12.8 Å². The fourth-order valence-corrected chi connectivity index (χ4v) is 3.13. The fraction of sp³-hybridized carbons (Fsp3) is 0.286. The molecule has 0 saturated carbocycles. The maximum Gasteiger partial charge on any atom is 0.339 e. The molecule has 2 heterocycles. The number of unbranched alkanes of at least 4 members (excludes halogenated alkanes) is 1. The van der Waals surface area contributed by atoms with Crippen molar-refractivity contribution in [3.05, 3.63) is 52.8 Å². The van der Waals surface area contributed by atoms with Crippen molar-refractivity contribution in [2.24, 2.45) is 4.99 Å². The van der Waals surface area contributed by atoms with Crippen molar-refractivity contribution in [1.29, 1.82) is 0 Å². The van der Waals surface area contributed by atoms with Crippen LogP contribution in [0.25, 0.3) is 11.5 Å². The topological polar surface area (TPSA) is 106 Å². The van der Waals surface area contributed by atoms with Crippen LogP contribution in [0.4, 0.5) is 5.82 Å². The van der Waals surface area contributed by atoms with Gasteiger partial charge in [0, 0.05) is 25.1 Å². The minimum atomic E-state index is -1.02. The van der Waals surface area contributed by atoms with Gasteiger partial charge in [-0.1, -0.05) is 22.0 Å². The van der Waals surface area contributed by atoms with Crippen LogP contribution in [0.5, 0.6) is 5.75 Å². The third-order valence-corrected chi connectivity index (χ3v) is 4.72. The third kappa shape index (κ3) is 6.35. The van der Waals surface area contributed by atoms with Crippen LogP contribution in [0.15, 0.2) is 52.2 Å². The Kier molecular flexibility index (Phi) is 7.71. The van der Waals surface area contributed by atoms with Gasteiger partial charge in [0.05, 0.1) is 12.9 Å². The second-order valence-corrected chi connectivity index (χ2v) is 7.85. The van der Waals surface area contributed by atoms with Crippen LogP contribution >= 0.6 is 15.9 Å². The van der Waals surface area contributed by atoms with E-state index in [1.54, 1.807) is 24.8 Å². The van der Waals surface area contributed by atoms with Gasteiger partial charge in [-0.3, -0.25) is 0 Å². The first-order valence-corrected chi connectivity index (χ1v) is 10.4. The molecular formula is C21H23BrN6O3. The lowest BCUT2D eigenvalue weighted by molar-refractivity contribution is 0.0692. The normalized spacial score (nSPS) is 11.1. The number of nitrogens with zero attached hydrogens (tertiary/aromatic N) is 6. The molecule has 3 aromatic rings. The van der Waals surface area contributed by atoms with Crippen molar-refractivity contribution in [2.45, 2.75) is 19.4 Å². The summed E-state index contributed by atoms with van der Waals surface area (Å²) in [6, 6.07) is 10.5. The van der Waals surface area contributed by atoms with Crippen molar-refractivity contribution in [1.82, 2.24) is 24.6 Å². The Morgan fingerprint density at radius 1 is 1.29 bits per heavy atom. The van der Waals surface area contributed by atoms with Gasteiger partial charge >= 0.3 is 5.97 Å². The molecule has 9 nitrogen and oxygen atoms in total. The molecule has 0 spiro atoms. The highest BCUT2D eigenvalue weighted by molar-refractivity contribution is 9.10. The Balaban J connectivity index is 1.56. The van der Waals surface area contributed by atoms with Gasteiger partial charge in [-0.25, -0.2) is 14.8 Å². The number of halogens is 1. The largest absolute Gasteiger partial charge is 0.493 e. The fourth-order valence-electron chi connectivity index (χ4n) is 2.77. The van der Waals surface area contributed by atoms with E-state index < -0.39 is 5.97 Å². The predicted molar refractivity (Wildman–Crippen MR) is 121 cm³/mol. The van der Waals surface area contributed by atoms with E-state index in [2.05, 4.69) is 36.1 Å². The first kappa shape index (κ1) is 22.4. The lowest BCUT2D eigenvalue weighted by atomic mass is 10.2. The molecule has 0 saturated heterocycles. The maximum absolute atomic E-state index is 11.4. The molecule has 1 N–H and O–H groups in total. The predicted octanol–water partition coefficient (Wildman–Crippen LogP) is 3.88. The molecule has 0 aliphatic heterocycles. The Morgan fingerprint density at radius 3 is 2.90 bits per heavy atom. The average Bonchev–Trinajstić information content (AvgIpc) is 3.21. The van der Waals surface area contributed by atoms with E-state index in [0.29, 0.717) is 40.7 Å². The lowest BCUT2D eigenvalue weighted by Gasteiger charge is -2.10. The molecule has 0 fully saturated rings. The zero-order chi connectivity index (χ0) is 22.2. The maximum atomic E-state index is 11.4. The van der Waals surface area contributed by atoms with Gasteiger partial charge in [0.25, 0.3) is 0 Å².